The molecule has 1 aliphatic heterocycles. The highest BCUT2D eigenvalue weighted by Crippen LogP contribution is 2.37. The number of ether oxygens (including phenoxy) is 2. The first-order valence-corrected chi connectivity index (χ1v) is 11.8. The van der Waals surface area contributed by atoms with Gasteiger partial charge in [0.25, 0.3) is 17.7 Å². The molecule has 194 valence electrons. The van der Waals surface area contributed by atoms with Crippen molar-refractivity contribution < 1.29 is 33.8 Å². The topological polar surface area (TPSA) is 134 Å². The second-order valence-corrected chi connectivity index (χ2v) is 8.35. The maximum absolute atomic E-state index is 13.1. The summed E-state index contributed by atoms with van der Waals surface area (Å²) in [4.78, 5) is 51.1. The Balaban J connectivity index is 1.58. The van der Waals surface area contributed by atoms with Gasteiger partial charge in [-0.15, -0.1) is 0 Å². The van der Waals surface area contributed by atoms with Crippen molar-refractivity contribution in [3.05, 3.63) is 82.9 Å². The van der Waals surface area contributed by atoms with Gasteiger partial charge >= 0.3 is 6.03 Å². The van der Waals surface area contributed by atoms with Gasteiger partial charge in [0.05, 0.1) is 17.3 Å². The predicted molar refractivity (Wildman–Crippen MR) is 140 cm³/mol. The predicted octanol–water partition coefficient (Wildman–Crippen LogP) is 4.13. The van der Waals surface area contributed by atoms with Crippen molar-refractivity contribution in [3.63, 3.8) is 0 Å². The number of benzene rings is 3. The molecule has 0 atom stereocenters. The van der Waals surface area contributed by atoms with Crippen LogP contribution in [0, 0.1) is 0 Å². The number of nitrogens with zero attached hydrogens (tertiary/aromatic N) is 1. The largest absolute Gasteiger partial charge is 0.508 e. The molecule has 11 heteroatoms. The number of rotatable bonds is 8. The molecule has 1 saturated heterocycles. The summed E-state index contributed by atoms with van der Waals surface area (Å²) in [6.07, 6.45) is 1.26. The number of urea groups is 1. The van der Waals surface area contributed by atoms with Crippen LogP contribution < -0.4 is 25.0 Å². The molecule has 0 aliphatic carbocycles. The molecule has 1 aliphatic rings. The number of para-hydroxylation sites is 1. The number of barbiturate groups is 1. The summed E-state index contributed by atoms with van der Waals surface area (Å²) in [5.74, 6) is -1.92. The van der Waals surface area contributed by atoms with Crippen LogP contribution in [0.4, 0.5) is 16.2 Å². The Kier molecular flexibility index (Phi) is 7.93. The summed E-state index contributed by atoms with van der Waals surface area (Å²) in [7, 11) is 0. The minimum atomic E-state index is -0.923. The fourth-order valence-corrected chi connectivity index (χ4v) is 3.86. The highest BCUT2D eigenvalue weighted by molar-refractivity contribution is 6.39. The smallest absolute Gasteiger partial charge is 0.335 e. The molecule has 0 unspecified atom stereocenters. The zero-order valence-corrected chi connectivity index (χ0v) is 20.8. The van der Waals surface area contributed by atoms with Crippen LogP contribution in [0.3, 0.4) is 0 Å². The molecule has 38 heavy (non-hydrogen) atoms. The van der Waals surface area contributed by atoms with Crippen molar-refractivity contribution in [1.82, 2.24) is 5.32 Å². The molecule has 1 heterocycles. The third-order valence-electron chi connectivity index (χ3n) is 5.26. The highest BCUT2D eigenvalue weighted by Gasteiger charge is 2.37. The van der Waals surface area contributed by atoms with E-state index in [1.165, 1.54) is 42.5 Å². The summed E-state index contributed by atoms with van der Waals surface area (Å²) in [6.45, 7) is 1.63. The van der Waals surface area contributed by atoms with E-state index in [0.717, 1.165) is 4.90 Å². The van der Waals surface area contributed by atoms with E-state index < -0.39 is 23.8 Å². The van der Waals surface area contributed by atoms with Crippen molar-refractivity contribution in [1.29, 1.82) is 0 Å². The zero-order valence-electron chi connectivity index (χ0n) is 20.1. The van der Waals surface area contributed by atoms with E-state index in [9.17, 15) is 24.3 Å². The number of carbonyl (C=O) groups excluding carboxylic acids is 4. The number of phenols is 1. The Bertz CT molecular complexity index is 1420. The number of halogens is 1. The molecule has 3 aromatic rings. The Labute approximate surface area is 222 Å². The average molecular weight is 536 g/mol. The summed E-state index contributed by atoms with van der Waals surface area (Å²) in [5.41, 5.74) is 0.758. The van der Waals surface area contributed by atoms with Gasteiger partial charge in [-0.3, -0.25) is 19.7 Å². The Hall–Kier alpha value is -4.83. The Morgan fingerprint density at radius 1 is 1.05 bits per heavy atom. The van der Waals surface area contributed by atoms with E-state index in [1.807, 2.05) is 6.07 Å². The molecular formula is C27H22ClN3O7. The molecule has 10 nitrogen and oxygen atoms in total. The summed E-state index contributed by atoms with van der Waals surface area (Å²) in [5, 5.41) is 14.4. The van der Waals surface area contributed by atoms with Gasteiger partial charge in [-0.1, -0.05) is 29.8 Å². The number of anilines is 2. The van der Waals surface area contributed by atoms with Crippen molar-refractivity contribution in [2.45, 2.75) is 6.92 Å². The lowest BCUT2D eigenvalue weighted by Crippen LogP contribution is -2.54. The minimum Gasteiger partial charge on any atom is -0.508 e. The van der Waals surface area contributed by atoms with E-state index in [0.29, 0.717) is 11.3 Å². The number of carbonyl (C=O) groups is 4. The fourth-order valence-electron chi connectivity index (χ4n) is 3.59. The van der Waals surface area contributed by atoms with E-state index in [1.54, 1.807) is 31.2 Å². The van der Waals surface area contributed by atoms with Gasteiger partial charge in [-0.05, 0) is 67.1 Å². The van der Waals surface area contributed by atoms with Gasteiger partial charge < -0.3 is 19.9 Å². The Morgan fingerprint density at radius 2 is 1.76 bits per heavy atom. The first kappa shape index (κ1) is 26.2. The maximum Gasteiger partial charge on any atom is 0.335 e. The molecule has 3 aromatic carbocycles. The number of amides is 5. The van der Waals surface area contributed by atoms with E-state index in [2.05, 4.69) is 10.6 Å². The molecule has 0 radical (unpaired) electrons. The van der Waals surface area contributed by atoms with Crippen molar-refractivity contribution in [3.8, 4) is 17.2 Å². The quantitative estimate of drug-likeness (QED) is 0.291. The van der Waals surface area contributed by atoms with Crippen LogP contribution >= 0.6 is 11.6 Å². The van der Waals surface area contributed by atoms with Crippen molar-refractivity contribution >= 4 is 52.8 Å². The monoisotopic (exact) mass is 535 g/mol. The van der Waals surface area contributed by atoms with Crippen LogP contribution in [-0.2, 0) is 14.4 Å². The molecule has 4 rings (SSSR count). The van der Waals surface area contributed by atoms with Crippen molar-refractivity contribution in [2.75, 3.05) is 23.4 Å². The van der Waals surface area contributed by atoms with Crippen LogP contribution in [0.5, 0.6) is 17.2 Å². The summed E-state index contributed by atoms with van der Waals surface area (Å²) < 4.78 is 11.3. The van der Waals surface area contributed by atoms with Gasteiger partial charge in [0.2, 0.25) is 0 Å². The third kappa shape index (κ3) is 5.93. The Morgan fingerprint density at radius 3 is 2.45 bits per heavy atom. The third-order valence-corrected chi connectivity index (χ3v) is 5.54. The normalized spacial score (nSPS) is 14.3. The van der Waals surface area contributed by atoms with Gasteiger partial charge in [0, 0.05) is 5.69 Å². The fraction of sp³-hybridized carbons (Fsp3) is 0.111. The lowest BCUT2D eigenvalue weighted by Gasteiger charge is -2.26. The second-order valence-electron chi connectivity index (χ2n) is 7.94. The molecule has 5 amide bonds. The lowest BCUT2D eigenvalue weighted by atomic mass is 10.1. The van der Waals surface area contributed by atoms with Gasteiger partial charge in [-0.2, -0.15) is 0 Å². The number of imide groups is 2. The average Bonchev–Trinajstić information content (AvgIpc) is 2.88. The highest BCUT2D eigenvalue weighted by atomic mass is 35.5. The number of nitrogens with one attached hydrogen (secondary N) is 2. The van der Waals surface area contributed by atoms with Gasteiger partial charge in [0.1, 0.15) is 11.3 Å². The molecule has 0 bridgehead atoms. The zero-order chi connectivity index (χ0) is 27.2. The van der Waals surface area contributed by atoms with Crippen LogP contribution in [0.2, 0.25) is 5.02 Å². The number of aromatic hydroxyl groups is 1. The van der Waals surface area contributed by atoms with Crippen LogP contribution in [0.1, 0.15) is 12.5 Å². The molecule has 3 N–H and O–H groups in total. The lowest BCUT2D eigenvalue weighted by molar-refractivity contribution is -0.122. The minimum absolute atomic E-state index is 0.0524. The molecule has 0 spiro atoms. The molecule has 0 aromatic heterocycles. The van der Waals surface area contributed by atoms with Crippen molar-refractivity contribution in [2.24, 2.45) is 0 Å². The summed E-state index contributed by atoms with van der Waals surface area (Å²) in [6, 6.07) is 16.2. The maximum atomic E-state index is 13.1. The first-order valence-electron chi connectivity index (χ1n) is 11.4. The first-order chi connectivity index (χ1) is 18.3. The molecule has 0 saturated carbocycles. The molecular weight excluding hydrogens is 514 g/mol. The van der Waals surface area contributed by atoms with Crippen LogP contribution in [-0.4, -0.2) is 42.1 Å². The summed E-state index contributed by atoms with van der Waals surface area (Å²) >= 11 is 6.43. The van der Waals surface area contributed by atoms with Gasteiger partial charge in [-0.25, -0.2) is 9.69 Å². The van der Waals surface area contributed by atoms with E-state index in [-0.39, 0.29) is 46.7 Å². The van der Waals surface area contributed by atoms with Crippen LogP contribution in [0.25, 0.3) is 6.08 Å². The number of hydrogen-bond acceptors (Lipinski definition) is 7. The standard InChI is InChI=1S/C27H22ClN3O7/c1-2-37-22-14-16(13-21(28)24(22)38-15-23(33)29-17-6-4-3-5-7-17)12-20-25(34)30-27(36)31(26(20)35)18-8-10-19(32)11-9-18/h3-14,32H,2,15H2,1H3,(H,29,33)(H,30,34,36)/b20-12+. The number of hydrogen-bond donors (Lipinski definition) is 3. The number of phenolic OH excluding ortho intramolecular Hbond substituents is 1. The van der Waals surface area contributed by atoms with E-state index >= 15 is 0 Å². The SMILES string of the molecule is CCOc1cc(/C=C2\C(=O)NC(=O)N(c3ccc(O)cc3)C2=O)cc(Cl)c1OCC(=O)Nc1ccccc1. The van der Waals surface area contributed by atoms with E-state index in [4.69, 9.17) is 21.1 Å². The van der Waals surface area contributed by atoms with Gasteiger partial charge in [0.15, 0.2) is 18.1 Å². The second kappa shape index (κ2) is 11.5. The van der Waals surface area contributed by atoms with Crippen LogP contribution in [0.15, 0.2) is 72.3 Å². The molecule has 1 fully saturated rings.